The van der Waals surface area contributed by atoms with Crippen molar-refractivity contribution in [3.63, 3.8) is 0 Å². The summed E-state index contributed by atoms with van der Waals surface area (Å²) < 4.78 is 9.12. The maximum atomic E-state index is 13.1. The van der Waals surface area contributed by atoms with Crippen LogP contribution in [0, 0.1) is 6.92 Å². The molecule has 0 spiro atoms. The van der Waals surface area contributed by atoms with Crippen LogP contribution < -0.4 is 16.6 Å². The summed E-state index contributed by atoms with van der Waals surface area (Å²) in [6.07, 6.45) is 5.08. The molecule has 0 aliphatic heterocycles. The number of nitrogens with one attached hydrogen (secondary N) is 1. The molecule has 0 radical (unpaired) electrons. The van der Waals surface area contributed by atoms with Gasteiger partial charge in [-0.05, 0) is 19.8 Å². The van der Waals surface area contributed by atoms with Crippen LogP contribution in [0.2, 0.25) is 0 Å². The van der Waals surface area contributed by atoms with Gasteiger partial charge in [0.25, 0.3) is 5.56 Å². The van der Waals surface area contributed by atoms with E-state index < -0.39 is 23.7 Å². The van der Waals surface area contributed by atoms with Crippen LogP contribution in [0.4, 0.5) is 5.82 Å². The highest BCUT2D eigenvalue weighted by Gasteiger charge is 2.19. The van der Waals surface area contributed by atoms with E-state index in [1.54, 1.807) is 23.9 Å². The SMILES string of the molecule is CCCCn1cnc2c1c(=O)n(CC(=O)Nc1cc(C)on1)c(=O)n2CCCC. The molecule has 10 nitrogen and oxygen atoms in total. The molecule has 1 amide bonds. The molecule has 3 heterocycles. The predicted molar refractivity (Wildman–Crippen MR) is 108 cm³/mol. The highest BCUT2D eigenvalue weighted by Crippen LogP contribution is 2.10. The molecule has 0 fully saturated rings. The lowest BCUT2D eigenvalue weighted by Crippen LogP contribution is -2.43. The van der Waals surface area contributed by atoms with E-state index in [-0.39, 0.29) is 5.82 Å². The lowest BCUT2D eigenvalue weighted by Gasteiger charge is -2.12. The van der Waals surface area contributed by atoms with Crippen LogP contribution in [0.25, 0.3) is 11.2 Å². The molecular formula is C19H26N6O4. The van der Waals surface area contributed by atoms with Crippen molar-refractivity contribution in [2.24, 2.45) is 0 Å². The van der Waals surface area contributed by atoms with Gasteiger partial charge in [0.1, 0.15) is 12.3 Å². The summed E-state index contributed by atoms with van der Waals surface area (Å²) in [5, 5.41) is 6.24. The van der Waals surface area contributed by atoms with E-state index in [0.29, 0.717) is 30.0 Å². The van der Waals surface area contributed by atoms with Crippen LogP contribution >= 0.6 is 0 Å². The van der Waals surface area contributed by atoms with E-state index in [1.165, 1.54) is 4.57 Å². The fourth-order valence-electron chi connectivity index (χ4n) is 3.15. The first kappa shape index (κ1) is 20.6. The molecule has 3 rings (SSSR count). The first-order valence-corrected chi connectivity index (χ1v) is 9.87. The number of hydrogen-bond donors (Lipinski definition) is 1. The summed E-state index contributed by atoms with van der Waals surface area (Å²) in [7, 11) is 0. The summed E-state index contributed by atoms with van der Waals surface area (Å²) in [4.78, 5) is 42.8. The van der Waals surface area contributed by atoms with Crippen LogP contribution in [-0.4, -0.2) is 29.7 Å². The largest absolute Gasteiger partial charge is 0.360 e. The number of carbonyl (C=O) groups excluding carboxylic acids is 1. The fraction of sp³-hybridized carbons (Fsp3) is 0.526. The zero-order chi connectivity index (χ0) is 21.0. The number of unbranched alkanes of at least 4 members (excludes halogenated alkanes) is 2. The quantitative estimate of drug-likeness (QED) is 0.584. The van der Waals surface area contributed by atoms with Gasteiger partial charge in [0.15, 0.2) is 17.0 Å². The number of rotatable bonds is 9. The fourth-order valence-corrected chi connectivity index (χ4v) is 3.15. The Labute approximate surface area is 167 Å². The van der Waals surface area contributed by atoms with E-state index in [4.69, 9.17) is 4.52 Å². The zero-order valence-electron chi connectivity index (χ0n) is 17.0. The van der Waals surface area contributed by atoms with Crippen LogP contribution in [-0.2, 0) is 24.4 Å². The number of aryl methyl sites for hydroxylation is 3. The van der Waals surface area contributed by atoms with Gasteiger partial charge < -0.3 is 14.4 Å². The molecule has 0 aliphatic rings. The Bertz CT molecular complexity index is 1120. The van der Waals surface area contributed by atoms with Crippen molar-refractivity contribution >= 4 is 22.9 Å². The Hall–Kier alpha value is -3.17. The second-order valence-electron chi connectivity index (χ2n) is 7.01. The van der Waals surface area contributed by atoms with Gasteiger partial charge in [-0.3, -0.25) is 14.2 Å². The minimum atomic E-state index is -0.539. The second kappa shape index (κ2) is 8.89. The Balaban J connectivity index is 2.03. The van der Waals surface area contributed by atoms with Crippen LogP contribution in [0.15, 0.2) is 26.5 Å². The monoisotopic (exact) mass is 402 g/mol. The van der Waals surface area contributed by atoms with Crippen LogP contribution in [0.5, 0.6) is 0 Å². The van der Waals surface area contributed by atoms with Crippen LogP contribution in [0.1, 0.15) is 45.3 Å². The molecule has 3 aromatic rings. The van der Waals surface area contributed by atoms with E-state index in [0.717, 1.165) is 30.3 Å². The van der Waals surface area contributed by atoms with E-state index in [2.05, 4.69) is 22.4 Å². The number of amides is 1. The molecule has 0 aliphatic carbocycles. The highest BCUT2D eigenvalue weighted by molar-refractivity contribution is 5.89. The average molecular weight is 402 g/mol. The minimum absolute atomic E-state index is 0.237. The third-order valence-corrected chi connectivity index (χ3v) is 4.67. The number of fused-ring (bicyclic) bond motifs is 1. The van der Waals surface area contributed by atoms with Crippen molar-refractivity contribution in [3.8, 4) is 0 Å². The van der Waals surface area contributed by atoms with Gasteiger partial charge in [-0.1, -0.05) is 31.8 Å². The third-order valence-electron chi connectivity index (χ3n) is 4.67. The molecule has 1 N–H and O–H groups in total. The molecule has 0 saturated heterocycles. The maximum Gasteiger partial charge on any atom is 0.333 e. The molecule has 0 aromatic carbocycles. The van der Waals surface area contributed by atoms with Gasteiger partial charge in [0, 0.05) is 19.2 Å². The third kappa shape index (κ3) is 4.30. The number of hydrogen-bond acceptors (Lipinski definition) is 6. The van der Waals surface area contributed by atoms with Gasteiger partial charge in [0.05, 0.1) is 6.33 Å². The first-order valence-electron chi connectivity index (χ1n) is 9.87. The van der Waals surface area contributed by atoms with E-state index >= 15 is 0 Å². The van der Waals surface area contributed by atoms with E-state index in [1.807, 2.05) is 6.92 Å². The Morgan fingerprint density at radius 3 is 2.52 bits per heavy atom. The standard InChI is InChI=1S/C19H26N6O4/c1-4-6-8-23-12-20-17-16(23)18(27)25(19(28)24(17)9-7-5-2)11-15(26)21-14-10-13(3)29-22-14/h10,12H,4-9,11H2,1-3H3,(H,21,22,26). The molecule has 0 bridgehead atoms. The molecule has 0 atom stereocenters. The normalized spacial score (nSPS) is 11.3. The number of aromatic nitrogens is 5. The Morgan fingerprint density at radius 2 is 1.86 bits per heavy atom. The minimum Gasteiger partial charge on any atom is -0.360 e. The number of imidazole rings is 1. The van der Waals surface area contributed by atoms with Crippen molar-refractivity contribution < 1.29 is 9.32 Å². The van der Waals surface area contributed by atoms with Crippen LogP contribution in [0.3, 0.4) is 0 Å². The summed E-state index contributed by atoms with van der Waals surface area (Å²) in [5.41, 5.74) is -0.339. The van der Waals surface area contributed by atoms with Crippen molar-refractivity contribution in [3.05, 3.63) is 39.0 Å². The maximum absolute atomic E-state index is 13.1. The van der Waals surface area contributed by atoms with Gasteiger partial charge >= 0.3 is 5.69 Å². The van der Waals surface area contributed by atoms with E-state index in [9.17, 15) is 14.4 Å². The van der Waals surface area contributed by atoms with Gasteiger partial charge in [0.2, 0.25) is 5.91 Å². The highest BCUT2D eigenvalue weighted by atomic mass is 16.5. The van der Waals surface area contributed by atoms with Crippen molar-refractivity contribution in [1.82, 2.24) is 23.8 Å². The zero-order valence-corrected chi connectivity index (χ0v) is 17.0. The number of nitrogens with zero attached hydrogens (tertiary/aromatic N) is 5. The first-order chi connectivity index (χ1) is 14.0. The Morgan fingerprint density at radius 1 is 1.14 bits per heavy atom. The van der Waals surface area contributed by atoms with Crippen molar-refractivity contribution in [2.45, 2.75) is 66.1 Å². The molecule has 156 valence electrons. The molecule has 0 unspecified atom stereocenters. The summed E-state index contributed by atoms with van der Waals surface area (Å²) in [6.45, 7) is 6.42. The molecule has 0 saturated carbocycles. The molecule has 3 aromatic heterocycles. The number of anilines is 1. The molecule has 29 heavy (non-hydrogen) atoms. The summed E-state index contributed by atoms with van der Waals surface area (Å²) >= 11 is 0. The lowest BCUT2D eigenvalue weighted by atomic mass is 10.3. The molecular weight excluding hydrogens is 376 g/mol. The summed E-state index contributed by atoms with van der Waals surface area (Å²) in [6, 6.07) is 1.56. The predicted octanol–water partition coefficient (Wildman–Crippen LogP) is 1.90. The van der Waals surface area contributed by atoms with Gasteiger partial charge in [-0.15, -0.1) is 0 Å². The van der Waals surface area contributed by atoms with Gasteiger partial charge in [-0.2, -0.15) is 0 Å². The molecule has 10 heteroatoms. The number of carbonyl (C=O) groups is 1. The summed E-state index contributed by atoms with van der Waals surface area (Å²) in [5.74, 6) is 0.250. The smallest absolute Gasteiger partial charge is 0.333 e. The lowest BCUT2D eigenvalue weighted by molar-refractivity contribution is -0.116. The van der Waals surface area contributed by atoms with Crippen molar-refractivity contribution in [1.29, 1.82) is 0 Å². The average Bonchev–Trinajstić information content (AvgIpc) is 3.29. The van der Waals surface area contributed by atoms with Gasteiger partial charge in [-0.25, -0.2) is 14.3 Å². The Kier molecular flexibility index (Phi) is 6.30. The topological polar surface area (TPSA) is 117 Å². The second-order valence-corrected chi connectivity index (χ2v) is 7.01. The van der Waals surface area contributed by atoms with Crippen molar-refractivity contribution in [2.75, 3.05) is 5.32 Å².